The van der Waals surface area contributed by atoms with Crippen LogP contribution in [0.5, 0.6) is 0 Å². The van der Waals surface area contributed by atoms with Crippen LogP contribution in [-0.2, 0) is 6.42 Å². The van der Waals surface area contributed by atoms with Gasteiger partial charge in [-0.3, -0.25) is 4.79 Å². The fourth-order valence-electron chi connectivity index (χ4n) is 1.77. The molecule has 1 aromatic rings. The minimum atomic E-state index is -0.138. The average molecular weight is 186 g/mol. The molecule has 0 fully saturated rings. The Balaban J connectivity index is 2.56. The van der Waals surface area contributed by atoms with Crippen LogP contribution in [0.1, 0.15) is 28.8 Å². The van der Waals surface area contributed by atoms with Gasteiger partial charge in [0.1, 0.15) is 0 Å². The summed E-state index contributed by atoms with van der Waals surface area (Å²) in [6.45, 7) is 0. The van der Waals surface area contributed by atoms with Crippen molar-refractivity contribution in [1.29, 1.82) is 0 Å². The second kappa shape index (κ2) is 3.56. The first-order chi connectivity index (χ1) is 6.83. The maximum Gasteiger partial charge on any atom is 0.339 e. The number of carbonyl (C=O) groups is 1. The highest BCUT2D eigenvalue weighted by Crippen LogP contribution is 2.18. The smallest absolute Gasteiger partial charge is 0.339 e. The van der Waals surface area contributed by atoms with Gasteiger partial charge >= 0.3 is 5.71 Å². The van der Waals surface area contributed by atoms with E-state index in [1.165, 1.54) is 0 Å². The zero-order valence-electron chi connectivity index (χ0n) is 7.73. The van der Waals surface area contributed by atoms with Crippen LogP contribution in [0.25, 0.3) is 5.53 Å². The summed E-state index contributed by atoms with van der Waals surface area (Å²) in [6.07, 6.45) is 2.30. The molecule has 0 bridgehead atoms. The number of benzene rings is 1. The van der Waals surface area contributed by atoms with E-state index in [9.17, 15) is 4.79 Å². The molecule has 0 amide bonds. The second-order valence-electron chi connectivity index (χ2n) is 3.39. The van der Waals surface area contributed by atoms with E-state index in [1.807, 2.05) is 18.2 Å². The molecule has 1 aliphatic rings. The molecule has 3 heteroatoms. The molecule has 0 atom stereocenters. The van der Waals surface area contributed by atoms with Crippen LogP contribution in [0.4, 0.5) is 0 Å². The lowest BCUT2D eigenvalue weighted by molar-refractivity contribution is -0.00905. The van der Waals surface area contributed by atoms with Crippen LogP contribution < -0.4 is 0 Å². The molecule has 0 aromatic heterocycles. The van der Waals surface area contributed by atoms with Gasteiger partial charge in [0.25, 0.3) is 5.78 Å². The predicted octanol–water partition coefficient (Wildman–Crippen LogP) is 1.88. The topological polar surface area (TPSA) is 53.5 Å². The van der Waals surface area contributed by atoms with E-state index in [1.54, 1.807) is 6.07 Å². The van der Waals surface area contributed by atoms with Gasteiger partial charge in [0, 0.05) is 5.56 Å². The zero-order chi connectivity index (χ0) is 9.97. The van der Waals surface area contributed by atoms with Gasteiger partial charge < -0.3 is 5.53 Å². The van der Waals surface area contributed by atoms with Crippen LogP contribution >= 0.6 is 0 Å². The highest BCUT2D eigenvalue weighted by molar-refractivity contribution is 6.44. The molecule has 0 N–H and O–H groups in total. The van der Waals surface area contributed by atoms with Crippen molar-refractivity contribution in [2.45, 2.75) is 19.3 Å². The monoisotopic (exact) mass is 186 g/mol. The van der Waals surface area contributed by atoms with Crippen molar-refractivity contribution in [3.05, 3.63) is 40.9 Å². The molecule has 0 radical (unpaired) electrons. The molecule has 70 valence electrons. The molecule has 0 saturated carbocycles. The first-order valence-electron chi connectivity index (χ1n) is 4.66. The van der Waals surface area contributed by atoms with Crippen molar-refractivity contribution in [1.82, 2.24) is 0 Å². The summed E-state index contributed by atoms with van der Waals surface area (Å²) >= 11 is 0. The minimum Gasteiger partial charge on any atom is -0.361 e. The Labute approximate surface area is 82.0 Å². The summed E-state index contributed by atoms with van der Waals surface area (Å²) < 4.78 is 0. The summed E-state index contributed by atoms with van der Waals surface area (Å²) in [7, 11) is 0. The molecule has 14 heavy (non-hydrogen) atoms. The van der Waals surface area contributed by atoms with E-state index in [2.05, 4.69) is 4.79 Å². The standard InChI is InChI=1S/C11H10N2O/c12-13-10-7-3-5-8-4-1-2-6-9(8)11(10)14/h1-2,4,6H,3,5,7H2. The van der Waals surface area contributed by atoms with Crippen molar-refractivity contribution < 1.29 is 9.58 Å². The van der Waals surface area contributed by atoms with Crippen molar-refractivity contribution in [2.75, 3.05) is 0 Å². The zero-order valence-corrected chi connectivity index (χ0v) is 7.73. The number of hydrogen-bond acceptors (Lipinski definition) is 1. The number of fused-ring (bicyclic) bond motifs is 1. The Hall–Kier alpha value is -1.73. The highest BCUT2D eigenvalue weighted by Gasteiger charge is 2.26. The summed E-state index contributed by atoms with van der Waals surface area (Å²) in [5.41, 5.74) is 10.7. The van der Waals surface area contributed by atoms with E-state index in [0.717, 1.165) is 18.4 Å². The van der Waals surface area contributed by atoms with Gasteiger partial charge in [-0.15, -0.1) is 0 Å². The number of carbonyl (C=O) groups excluding carboxylic acids is 1. The minimum absolute atomic E-state index is 0.138. The van der Waals surface area contributed by atoms with Crippen LogP contribution in [-0.4, -0.2) is 16.3 Å². The van der Waals surface area contributed by atoms with Crippen LogP contribution in [0.2, 0.25) is 0 Å². The predicted molar refractivity (Wildman–Crippen MR) is 52.3 cm³/mol. The Morgan fingerprint density at radius 3 is 2.79 bits per heavy atom. The highest BCUT2D eigenvalue weighted by atomic mass is 16.1. The molecular weight excluding hydrogens is 176 g/mol. The van der Waals surface area contributed by atoms with E-state index < -0.39 is 0 Å². The molecule has 0 unspecified atom stereocenters. The van der Waals surface area contributed by atoms with Gasteiger partial charge in [0.2, 0.25) is 0 Å². The van der Waals surface area contributed by atoms with Crippen molar-refractivity contribution >= 4 is 11.5 Å². The summed E-state index contributed by atoms with van der Waals surface area (Å²) in [5.74, 6) is -0.138. The van der Waals surface area contributed by atoms with E-state index >= 15 is 0 Å². The van der Waals surface area contributed by atoms with Crippen LogP contribution in [0, 0.1) is 0 Å². The average Bonchev–Trinajstić information content (AvgIpc) is 2.39. The van der Waals surface area contributed by atoms with Crippen molar-refractivity contribution in [3.63, 3.8) is 0 Å². The number of hydrogen-bond donors (Lipinski definition) is 0. The largest absolute Gasteiger partial charge is 0.361 e. The lowest BCUT2D eigenvalue weighted by Crippen LogP contribution is -2.14. The Morgan fingerprint density at radius 2 is 2.00 bits per heavy atom. The summed E-state index contributed by atoms with van der Waals surface area (Å²) in [4.78, 5) is 14.8. The number of rotatable bonds is 0. The van der Waals surface area contributed by atoms with Crippen molar-refractivity contribution in [3.8, 4) is 0 Å². The summed E-state index contributed by atoms with van der Waals surface area (Å²) in [5, 5.41) is 0. The Kier molecular flexibility index (Phi) is 2.25. The third-order valence-electron chi connectivity index (χ3n) is 2.50. The number of ketones is 1. The van der Waals surface area contributed by atoms with E-state index in [-0.39, 0.29) is 11.5 Å². The van der Waals surface area contributed by atoms with Crippen LogP contribution in [0.15, 0.2) is 24.3 Å². The number of aryl methyl sites for hydroxylation is 1. The summed E-state index contributed by atoms with van der Waals surface area (Å²) in [6, 6.07) is 7.49. The van der Waals surface area contributed by atoms with E-state index in [0.29, 0.717) is 12.0 Å². The molecule has 1 aromatic carbocycles. The lowest BCUT2D eigenvalue weighted by atomic mass is 10.0. The molecule has 3 nitrogen and oxygen atoms in total. The normalized spacial score (nSPS) is 15.7. The van der Waals surface area contributed by atoms with Crippen LogP contribution in [0.3, 0.4) is 0 Å². The Morgan fingerprint density at radius 1 is 1.21 bits per heavy atom. The fourth-order valence-corrected chi connectivity index (χ4v) is 1.77. The third-order valence-corrected chi connectivity index (χ3v) is 2.50. The number of Topliss-reactive ketones (excluding diaryl/α,β-unsaturated/α-hetero) is 1. The number of nitrogens with zero attached hydrogens (tertiary/aromatic N) is 2. The van der Waals surface area contributed by atoms with Gasteiger partial charge in [0.15, 0.2) is 0 Å². The molecule has 0 saturated heterocycles. The maximum absolute atomic E-state index is 11.8. The molecular formula is C11H10N2O. The van der Waals surface area contributed by atoms with Gasteiger partial charge in [-0.05, 0) is 18.4 Å². The van der Waals surface area contributed by atoms with Gasteiger partial charge in [-0.1, -0.05) is 24.3 Å². The third kappa shape index (κ3) is 1.38. The molecule has 1 aliphatic carbocycles. The first-order valence-corrected chi connectivity index (χ1v) is 4.66. The van der Waals surface area contributed by atoms with Gasteiger partial charge in [-0.25, -0.2) is 0 Å². The molecule has 0 aliphatic heterocycles. The molecule has 2 rings (SSSR count). The quantitative estimate of drug-likeness (QED) is 0.346. The maximum atomic E-state index is 11.8. The fraction of sp³-hybridized carbons (Fsp3) is 0.273. The molecule has 0 heterocycles. The second-order valence-corrected chi connectivity index (χ2v) is 3.39. The molecule has 0 spiro atoms. The SMILES string of the molecule is [N-]=[N+]=C1CCCc2ccccc2C1=O. The first kappa shape index (κ1) is 8.85. The van der Waals surface area contributed by atoms with E-state index in [4.69, 9.17) is 5.53 Å². The lowest BCUT2D eigenvalue weighted by Gasteiger charge is -2.00. The van der Waals surface area contributed by atoms with Gasteiger partial charge in [0.05, 0.1) is 6.42 Å². The van der Waals surface area contributed by atoms with Crippen molar-refractivity contribution in [2.24, 2.45) is 0 Å². The van der Waals surface area contributed by atoms with Gasteiger partial charge in [-0.2, -0.15) is 4.79 Å². The Bertz CT molecular complexity index is 431.